The van der Waals surface area contributed by atoms with Crippen LogP contribution in [0.2, 0.25) is 0 Å². The highest BCUT2D eigenvalue weighted by molar-refractivity contribution is 7.98. The van der Waals surface area contributed by atoms with Crippen molar-refractivity contribution in [3.8, 4) is 11.8 Å². The Bertz CT molecular complexity index is 470. The van der Waals surface area contributed by atoms with Crippen LogP contribution in [0.1, 0.15) is 56.6 Å². The minimum atomic E-state index is -0.360. The molecule has 21 heavy (non-hydrogen) atoms. The van der Waals surface area contributed by atoms with Gasteiger partial charge in [0.05, 0.1) is 6.10 Å². The van der Waals surface area contributed by atoms with Crippen LogP contribution in [0.3, 0.4) is 0 Å². The summed E-state index contributed by atoms with van der Waals surface area (Å²) in [5.41, 5.74) is 2.52. The van der Waals surface area contributed by atoms with Gasteiger partial charge in [0.1, 0.15) is 0 Å². The van der Waals surface area contributed by atoms with E-state index in [1.807, 2.05) is 0 Å². The minimum Gasteiger partial charge on any atom is -0.392 e. The molecule has 0 radical (unpaired) electrons. The number of benzene rings is 1. The number of aliphatic hydroxyl groups is 1. The lowest BCUT2D eigenvalue weighted by Gasteiger charge is -2.13. The summed E-state index contributed by atoms with van der Waals surface area (Å²) in [4.78, 5) is 1.30. The Kier molecular flexibility index (Phi) is 9.30. The molecular weight excluding hydrogens is 276 g/mol. The Labute approximate surface area is 134 Å². The number of aryl methyl sites for hydroxylation is 1. The van der Waals surface area contributed by atoms with Gasteiger partial charge in [0, 0.05) is 24.2 Å². The summed E-state index contributed by atoms with van der Waals surface area (Å²) in [7, 11) is 0. The first-order valence-electron chi connectivity index (χ1n) is 7.95. The third-order valence-corrected chi connectivity index (χ3v) is 4.56. The minimum absolute atomic E-state index is 0.360. The van der Waals surface area contributed by atoms with Gasteiger partial charge in [-0.2, -0.15) is 0 Å². The number of hydrogen-bond acceptors (Lipinski definition) is 2. The van der Waals surface area contributed by atoms with E-state index in [9.17, 15) is 5.11 Å². The van der Waals surface area contributed by atoms with Crippen LogP contribution in [0.15, 0.2) is 23.1 Å². The lowest BCUT2D eigenvalue weighted by molar-refractivity contribution is 0.180. The third kappa shape index (κ3) is 7.07. The van der Waals surface area contributed by atoms with E-state index in [4.69, 9.17) is 0 Å². The molecule has 1 aromatic carbocycles. The first-order chi connectivity index (χ1) is 10.2. The van der Waals surface area contributed by atoms with Crippen molar-refractivity contribution in [3.05, 3.63) is 29.3 Å². The van der Waals surface area contributed by atoms with Gasteiger partial charge in [-0.1, -0.05) is 44.4 Å². The summed E-state index contributed by atoms with van der Waals surface area (Å²) < 4.78 is 0. The van der Waals surface area contributed by atoms with Gasteiger partial charge in [0.2, 0.25) is 0 Å². The monoisotopic (exact) mass is 304 g/mol. The molecule has 0 amide bonds. The van der Waals surface area contributed by atoms with Gasteiger partial charge >= 0.3 is 0 Å². The van der Waals surface area contributed by atoms with E-state index in [1.54, 1.807) is 11.8 Å². The first-order valence-corrected chi connectivity index (χ1v) is 9.17. The highest BCUT2D eigenvalue weighted by atomic mass is 32.2. The van der Waals surface area contributed by atoms with E-state index in [1.165, 1.54) is 41.7 Å². The molecule has 1 atom stereocenters. The van der Waals surface area contributed by atoms with E-state index in [0.29, 0.717) is 12.8 Å². The molecule has 0 saturated carbocycles. The van der Waals surface area contributed by atoms with Crippen LogP contribution in [0.5, 0.6) is 0 Å². The molecule has 0 aliphatic rings. The molecule has 1 N–H and O–H groups in total. The summed E-state index contributed by atoms with van der Waals surface area (Å²) >= 11 is 1.76. The Morgan fingerprint density at radius 2 is 2.00 bits per heavy atom. The second-order valence-corrected chi connectivity index (χ2v) is 6.31. The van der Waals surface area contributed by atoms with E-state index in [-0.39, 0.29) is 6.10 Å². The summed E-state index contributed by atoms with van der Waals surface area (Å²) in [6, 6.07) is 6.30. The Morgan fingerprint density at radius 3 is 2.71 bits per heavy atom. The quantitative estimate of drug-likeness (QED) is 0.415. The maximum absolute atomic E-state index is 10.1. The van der Waals surface area contributed by atoms with Crippen molar-refractivity contribution < 1.29 is 5.11 Å². The molecule has 0 aliphatic heterocycles. The van der Waals surface area contributed by atoms with Gasteiger partial charge in [-0.05, 0) is 30.7 Å². The zero-order valence-electron chi connectivity index (χ0n) is 13.6. The Hall–Kier alpha value is -0.910. The molecule has 1 nitrogen and oxygen atoms in total. The maximum Gasteiger partial charge on any atom is 0.0690 e. The predicted octanol–water partition coefficient (Wildman–Crippen LogP) is 4.98. The third-order valence-electron chi connectivity index (χ3n) is 3.57. The van der Waals surface area contributed by atoms with Gasteiger partial charge in [-0.3, -0.25) is 0 Å². The second kappa shape index (κ2) is 10.8. The maximum atomic E-state index is 10.1. The fourth-order valence-corrected chi connectivity index (χ4v) is 3.21. The molecule has 0 spiro atoms. The van der Waals surface area contributed by atoms with Gasteiger partial charge in [-0.25, -0.2) is 0 Å². The number of rotatable bonds is 8. The fourth-order valence-electron chi connectivity index (χ4n) is 2.41. The molecule has 1 aromatic rings. The van der Waals surface area contributed by atoms with Crippen LogP contribution in [-0.4, -0.2) is 17.5 Å². The number of hydrogen-bond donors (Lipinski definition) is 1. The second-order valence-electron chi connectivity index (χ2n) is 5.49. The van der Waals surface area contributed by atoms with E-state index in [0.717, 1.165) is 6.42 Å². The predicted molar refractivity (Wildman–Crippen MR) is 93.8 cm³/mol. The van der Waals surface area contributed by atoms with Crippen LogP contribution in [-0.2, 0) is 6.42 Å². The van der Waals surface area contributed by atoms with Crippen LogP contribution >= 0.6 is 11.8 Å². The zero-order chi connectivity index (χ0) is 15.5. The molecule has 0 aromatic heterocycles. The van der Waals surface area contributed by atoms with E-state index < -0.39 is 0 Å². The van der Waals surface area contributed by atoms with Crippen molar-refractivity contribution in [3.63, 3.8) is 0 Å². The SMILES string of the molecule is CCCCCCC#CCC(O)Cc1cccc(C)c1SC. The lowest BCUT2D eigenvalue weighted by atomic mass is 10.0. The molecular formula is C19H28OS. The lowest BCUT2D eigenvalue weighted by Crippen LogP contribution is -2.10. The fraction of sp³-hybridized carbons (Fsp3) is 0.579. The van der Waals surface area contributed by atoms with Crippen LogP contribution < -0.4 is 0 Å². The van der Waals surface area contributed by atoms with Crippen molar-refractivity contribution >= 4 is 11.8 Å². The van der Waals surface area contributed by atoms with Gasteiger partial charge in [-0.15, -0.1) is 23.6 Å². The molecule has 0 heterocycles. The van der Waals surface area contributed by atoms with Crippen molar-refractivity contribution in [2.24, 2.45) is 0 Å². The van der Waals surface area contributed by atoms with Crippen molar-refractivity contribution in [2.45, 2.75) is 69.8 Å². The van der Waals surface area contributed by atoms with Gasteiger partial charge in [0.15, 0.2) is 0 Å². The average Bonchev–Trinajstić information content (AvgIpc) is 2.46. The largest absolute Gasteiger partial charge is 0.392 e. The molecule has 0 fully saturated rings. The number of aliphatic hydroxyl groups excluding tert-OH is 1. The molecule has 0 bridgehead atoms. The molecule has 116 valence electrons. The molecule has 0 saturated heterocycles. The molecule has 2 heteroatoms. The van der Waals surface area contributed by atoms with Crippen molar-refractivity contribution in [1.29, 1.82) is 0 Å². The number of unbranched alkanes of at least 4 members (excludes halogenated alkanes) is 4. The van der Waals surface area contributed by atoms with Gasteiger partial charge < -0.3 is 5.11 Å². The average molecular weight is 304 g/mol. The normalized spacial score (nSPS) is 11.8. The van der Waals surface area contributed by atoms with Crippen LogP contribution in [0, 0.1) is 18.8 Å². The van der Waals surface area contributed by atoms with Crippen LogP contribution in [0.25, 0.3) is 0 Å². The molecule has 1 rings (SSSR count). The number of thioether (sulfide) groups is 1. The van der Waals surface area contributed by atoms with Crippen molar-refractivity contribution in [1.82, 2.24) is 0 Å². The summed E-state index contributed by atoms with van der Waals surface area (Å²) in [5, 5.41) is 10.1. The summed E-state index contributed by atoms with van der Waals surface area (Å²) in [6.45, 7) is 4.34. The topological polar surface area (TPSA) is 20.2 Å². The standard InChI is InChI=1S/C19H28OS/c1-4-5-6-7-8-9-10-14-18(20)15-17-13-11-12-16(2)19(17)21-3/h11-13,18,20H,4-8,14-15H2,1-3H3. The first kappa shape index (κ1) is 18.1. The molecule has 1 unspecified atom stereocenters. The highest BCUT2D eigenvalue weighted by Gasteiger charge is 2.09. The molecule has 0 aliphatic carbocycles. The van der Waals surface area contributed by atoms with E-state index in [2.05, 4.69) is 50.1 Å². The highest BCUT2D eigenvalue weighted by Crippen LogP contribution is 2.25. The van der Waals surface area contributed by atoms with Gasteiger partial charge in [0.25, 0.3) is 0 Å². The summed E-state index contributed by atoms with van der Waals surface area (Å²) in [5.74, 6) is 6.31. The Balaban J connectivity index is 2.39. The van der Waals surface area contributed by atoms with Crippen LogP contribution in [0.4, 0.5) is 0 Å². The Morgan fingerprint density at radius 1 is 1.19 bits per heavy atom. The van der Waals surface area contributed by atoms with Crippen molar-refractivity contribution in [2.75, 3.05) is 6.26 Å². The smallest absolute Gasteiger partial charge is 0.0690 e. The summed E-state index contributed by atoms with van der Waals surface area (Å²) in [6.07, 6.45) is 9.00. The van der Waals surface area contributed by atoms with E-state index >= 15 is 0 Å². The zero-order valence-corrected chi connectivity index (χ0v) is 14.4.